The number of esters is 1. The Morgan fingerprint density at radius 3 is 2.30 bits per heavy atom. The van der Waals surface area contributed by atoms with Crippen LogP contribution in [0.5, 0.6) is 0 Å². The van der Waals surface area contributed by atoms with Gasteiger partial charge in [0.05, 0.1) is 30.4 Å². The lowest BCUT2D eigenvalue weighted by Gasteiger charge is -2.35. The van der Waals surface area contributed by atoms with Crippen molar-refractivity contribution in [1.29, 1.82) is 5.53 Å². The van der Waals surface area contributed by atoms with E-state index in [9.17, 15) is 57.3 Å². The van der Waals surface area contributed by atoms with E-state index in [-0.39, 0.29) is 50.2 Å². The number of hydrogen-bond donors (Lipinski definition) is 9. The molecule has 0 aromatic heterocycles. The number of aliphatic hydroxyl groups is 2. The predicted octanol–water partition coefficient (Wildman–Crippen LogP) is -0.346. The molecule has 2 aliphatic heterocycles. The number of carbonyl (C=O) groups excluding carboxylic acids is 6. The minimum atomic E-state index is -4.24. The molecule has 23 heteroatoms. The number of carboxylic acid groups (broad SMARTS) is 1. The summed E-state index contributed by atoms with van der Waals surface area (Å²) in [7, 11) is -4.24. The fourth-order valence-electron chi connectivity index (χ4n) is 6.26. The van der Waals surface area contributed by atoms with Crippen molar-refractivity contribution >= 4 is 57.3 Å². The van der Waals surface area contributed by atoms with Gasteiger partial charge in [-0.1, -0.05) is 19.9 Å². The van der Waals surface area contributed by atoms with Crippen LogP contribution in [0.25, 0.3) is 0 Å². The molecule has 0 radical (unpaired) electrons. The molecule has 1 aromatic carbocycles. The Balaban J connectivity index is 1.70. The highest BCUT2D eigenvalue weighted by Gasteiger charge is 2.41. The van der Waals surface area contributed by atoms with E-state index in [4.69, 9.17) is 19.6 Å². The number of anilines is 1. The van der Waals surface area contributed by atoms with Crippen molar-refractivity contribution in [3.05, 3.63) is 53.4 Å². The number of imide groups is 1. The van der Waals surface area contributed by atoms with E-state index < -0.39 is 112 Å². The van der Waals surface area contributed by atoms with Gasteiger partial charge in [-0.05, 0) is 55.4 Å². The first-order valence-electron chi connectivity index (χ1n) is 18.8. The molecule has 0 bridgehead atoms. The molecule has 60 heavy (non-hydrogen) atoms. The van der Waals surface area contributed by atoms with Crippen molar-refractivity contribution in [3.8, 4) is 0 Å². The van der Waals surface area contributed by atoms with Gasteiger partial charge in [0.1, 0.15) is 30.5 Å². The number of aryl methyl sites for hydroxylation is 1. The highest BCUT2D eigenvalue weighted by Crippen LogP contribution is 2.27. The molecule has 3 rings (SSSR count). The van der Waals surface area contributed by atoms with Crippen LogP contribution in [0.1, 0.15) is 64.5 Å². The van der Waals surface area contributed by atoms with Gasteiger partial charge in [0.15, 0.2) is 6.10 Å². The van der Waals surface area contributed by atoms with Crippen LogP contribution in [0.2, 0.25) is 0 Å². The van der Waals surface area contributed by atoms with E-state index in [0.717, 1.165) is 18.4 Å². The average Bonchev–Trinajstić information content (AvgIpc) is 3.50. The van der Waals surface area contributed by atoms with Crippen molar-refractivity contribution in [2.24, 2.45) is 11.0 Å². The smallest absolute Gasteiger partial charge is 0.335 e. The number of nitrogens with zero attached hydrogens (tertiary/aromatic N) is 2. The number of aliphatic carboxylic acids is 1. The Labute approximate surface area is 345 Å². The van der Waals surface area contributed by atoms with Crippen LogP contribution < -0.4 is 21.3 Å². The molecule has 5 amide bonds. The summed E-state index contributed by atoms with van der Waals surface area (Å²) >= 11 is 0. The molecule has 22 nitrogen and oxygen atoms in total. The zero-order chi connectivity index (χ0) is 44.9. The Bertz CT molecular complexity index is 1950. The van der Waals surface area contributed by atoms with Gasteiger partial charge in [0.2, 0.25) is 17.7 Å². The number of carboxylic acids is 1. The first-order chi connectivity index (χ1) is 28.1. The molecule has 7 atom stereocenters. The summed E-state index contributed by atoms with van der Waals surface area (Å²) in [6, 6.07) is 0.904. The maximum Gasteiger partial charge on any atom is 0.335 e. The molecule has 330 valence electrons. The van der Waals surface area contributed by atoms with Gasteiger partial charge >= 0.3 is 11.9 Å². The van der Waals surface area contributed by atoms with Gasteiger partial charge in [-0.2, -0.15) is 13.5 Å². The summed E-state index contributed by atoms with van der Waals surface area (Å²) in [5.74, 6) is -6.94. The van der Waals surface area contributed by atoms with Crippen LogP contribution >= 0.6 is 0 Å². The molecule has 0 saturated carbocycles. The monoisotopic (exact) mass is 865 g/mol. The molecule has 2 heterocycles. The van der Waals surface area contributed by atoms with E-state index >= 15 is 0 Å². The van der Waals surface area contributed by atoms with Crippen LogP contribution in [0.3, 0.4) is 0 Å². The Morgan fingerprint density at radius 2 is 1.72 bits per heavy atom. The van der Waals surface area contributed by atoms with Crippen molar-refractivity contribution in [1.82, 2.24) is 20.9 Å². The highest BCUT2D eigenvalue weighted by molar-refractivity contribution is 7.85. The number of benzene rings is 1. The number of aliphatic hydroxyl groups excluding tert-OH is 2. The predicted molar refractivity (Wildman–Crippen MR) is 208 cm³/mol. The number of ether oxygens (including phenoxy) is 2. The zero-order valence-corrected chi connectivity index (χ0v) is 34.1. The van der Waals surface area contributed by atoms with E-state index in [0.29, 0.717) is 16.0 Å². The molecule has 0 aliphatic carbocycles. The number of nitrogens with one attached hydrogen (secondary N) is 5. The second kappa shape index (κ2) is 22.1. The van der Waals surface area contributed by atoms with Crippen LogP contribution in [0.4, 0.5) is 5.69 Å². The van der Waals surface area contributed by atoms with E-state index in [2.05, 4.69) is 26.4 Å². The number of rotatable bonds is 22. The second-order valence-electron chi connectivity index (χ2n) is 14.5. The van der Waals surface area contributed by atoms with Crippen LogP contribution in [-0.2, 0) is 66.2 Å². The third-order valence-electron chi connectivity index (χ3n) is 9.43. The fourth-order valence-corrected chi connectivity index (χ4v) is 6.77. The molecule has 2 aliphatic rings. The highest BCUT2D eigenvalue weighted by atomic mass is 32.2. The quantitative estimate of drug-likeness (QED) is 0.0237. The van der Waals surface area contributed by atoms with Crippen LogP contribution in [0, 0.1) is 11.4 Å². The number of hydrogen-bond acceptors (Lipinski definition) is 16. The Hall–Kier alpha value is -5.62. The van der Waals surface area contributed by atoms with Crippen LogP contribution in [-0.4, -0.2) is 130 Å². The molecule has 1 aromatic rings. The maximum atomic E-state index is 13.5. The summed E-state index contributed by atoms with van der Waals surface area (Å²) in [5.41, 5.74) is 8.83. The summed E-state index contributed by atoms with van der Waals surface area (Å²) in [6.45, 7) is 5.72. The van der Waals surface area contributed by atoms with Gasteiger partial charge in [-0.15, -0.1) is 0 Å². The topological polar surface area (TPSA) is 341 Å². The molecule has 0 unspecified atom stereocenters. The summed E-state index contributed by atoms with van der Waals surface area (Å²) in [5, 5.41) is 43.4. The molecule has 9 N–H and O–H groups in total. The molecule has 0 spiro atoms. The van der Waals surface area contributed by atoms with E-state index in [1.807, 2.05) is 0 Å². The zero-order valence-electron chi connectivity index (χ0n) is 33.3. The van der Waals surface area contributed by atoms with Crippen molar-refractivity contribution in [3.63, 3.8) is 0 Å². The Kier molecular flexibility index (Phi) is 18.0. The van der Waals surface area contributed by atoms with Crippen LogP contribution in [0.15, 0.2) is 47.4 Å². The molecule has 1 fully saturated rings. The van der Waals surface area contributed by atoms with E-state index in [1.165, 1.54) is 19.9 Å². The fraction of sp³-hybridized carbons (Fsp3) is 0.541. The third kappa shape index (κ3) is 14.6. The summed E-state index contributed by atoms with van der Waals surface area (Å²) in [6.07, 6.45) is -2.57. The summed E-state index contributed by atoms with van der Waals surface area (Å²) < 4.78 is 41.6. The SMILES string of the molecule is CC(=O)OCc1ccc(NC(=O)[C@H](C)NC(=O)[C@@H](NC(=O)C[C@@H](/C(=C/NCCCS(=O)(=O)O)N=N)N2C(=O)C=CC2=O)C(C)C)cc1CC[C@H]1C[C@@H](O)[C@H](O)[C@@H](C(=O)O)O1. The van der Waals surface area contributed by atoms with Crippen molar-refractivity contribution in [2.45, 2.75) is 109 Å². The first-order valence-corrected chi connectivity index (χ1v) is 20.4. The lowest BCUT2D eigenvalue weighted by molar-refractivity contribution is -0.193. The van der Waals surface area contributed by atoms with Gasteiger partial charge in [-0.25, -0.2) is 10.3 Å². The molecular weight excluding hydrogens is 815 g/mol. The van der Waals surface area contributed by atoms with Gasteiger partial charge in [0, 0.05) is 43.9 Å². The lowest BCUT2D eigenvalue weighted by Crippen LogP contribution is -2.54. The van der Waals surface area contributed by atoms with Crippen molar-refractivity contribution < 1.29 is 71.3 Å². The number of carbonyl (C=O) groups is 7. The second-order valence-corrected chi connectivity index (χ2v) is 16.1. The molecule has 1 saturated heterocycles. The van der Waals surface area contributed by atoms with Gasteiger partial charge < -0.3 is 46.1 Å². The van der Waals surface area contributed by atoms with Gasteiger partial charge in [-0.3, -0.25) is 38.2 Å². The third-order valence-corrected chi connectivity index (χ3v) is 10.2. The standard InChI is InChI=1S/C37H51N7O15S/c1-19(2)32(42-29(47)16-27(44-30(48)10-11-31(44)49)26(43-38)17-39-12-5-13-60(55,56)57)36(52)40-20(3)35(51)41-24-8-6-23(18-58-21(4)45)22(14-24)7-9-25-15-28(46)33(50)34(59-25)37(53)54/h6,8,10-11,14,17,19-20,25,27-28,32-34,38-39,46,50H,5,7,9,12-13,15-16,18H2,1-4H3,(H,40,52)(H,41,51)(H,42,47)(H,53,54)(H,55,56,57)/b26-17-,43-38?/t20-,25-,27-,28+,32-,33-,34-/m0/s1. The van der Waals surface area contributed by atoms with Crippen molar-refractivity contribution in [2.75, 3.05) is 17.6 Å². The minimum Gasteiger partial charge on any atom is -0.479 e. The average molecular weight is 866 g/mol. The minimum absolute atomic E-state index is 0.0215. The van der Waals surface area contributed by atoms with Gasteiger partial charge in [0.25, 0.3) is 21.9 Å². The lowest BCUT2D eigenvalue weighted by atomic mass is 9.93. The maximum absolute atomic E-state index is 13.5. The largest absolute Gasteiger partial charge is 0.479 e. The normalized spacial score (nSPS) is 20.9. The first kappa shape index (κ1) is 48.7. The number of amides is 5. The van der Waals surface area contributed by atoms with E-state index in [1.54, 1.807) is 26.0 Å². The summed E-state index contributed by atoms with van der Waals surface area (Å²) in [4.78, 5) is 89.2. The molecular formula is C37H51N7O15S. The Morgan fingerprint density at radius 1 is 1.05 bits per heavy atom.